The Labute approximate surface area is 151 Å². The minimum absolute atomic E-state index is 0.140. The highest BCUT2D eigenvalue weighted by Crippen LogP contribution is 2.16. The molecule has 2 aromatic carbocycles. The summed E-state index contributed by atoms with van der Waals surface area (Å²) in [7, 11) is 3.50. The first-order valence-corrected chi connectivity index (χ1v) is 8.04. The topological polar surface area (TPSA) is 33.7 Å². The molecule has 0 heterocycles. The fourth-order valence-corrected chi connectivity index (χ4v) is 2.31. The third-order valence-corrected chi connectivity index (χ3v) is 3.97. The molecule has 0 bridgehead atoms. The van der Waals surface area contributed by atoms with Gasteiger partial charge in [0.15, 0.2) is 5.11 Å². The average molecular weight is 366 g/mol. The minimum atomic E-state index is -2.82. The summed E-state index contributed by atoms with van der Waals surface area (Å²) in [6.07, 6.45) is 0. The van der Waals surface area contributed by atoms with Crippen LogP contribution in [0.15, 0.2) is 48.5 Å². The second-order valence-electron chi connectivity index (χ2n) is 5.39. The van der Waals surface area contributed by atoms with Crippen molar-refractivity contribution in [1.82, 2.24) is 10.2 Å². The average Bonchev–Trinajstić information content (AvgIpc) is 2.61. The number of ether oxygens (including phenoxy) is 2. The lowest BCUT2D eigenvalue weighted by Crippen LogP contribution is -2.36. The first-order valence-electron chi connectivity index (χ1n) is 7.63. The van der Waals surface area contributed by atoms with Gasteiger partial charge in [0.2, 0.25) is 0 Å². The molecule has 2 rings (SSSR count). The summed E-state index contributed by atoms with van der Waals surface area (Å²) in [4.78, 5) is 1.88. The smallest absolute Gasteiger partial charge is 0.387 e. The predicted octanol–water partition coefficient (Wildman–Crippen LogP) is 3.80. The number of nitrogens with one attached hydrogen (secondary N) is 1. The molecule has 4 nitrogen and oxygen atoms in total. The third kappa shape index (κ3) is 6.19. The Morgan fingerprint density at radius 1 is 1.04 bits per heavy atom. The Bertz CT molecular complexity index is 678. The van der Waals surface area contributed by atoms with Gasteiger partial charge in [0.05, 0.1) is 7.11 Å². The van der Waals surface area contributed by atoms with Crippen LogP contribution in [0.25, 0.3) is 0 Å². The maximum absolute atomic E-state index is 12.1. The second kappa shape index (κ2) is 9.17. The minimum Gasteiger partial charge on any atom is -0.497 e. The zero-order chi connectivity index (χ0) is 18.2. The SMILES string of the molecule is COc1ccc(CNC(=S)N(C)Cc2ccc(OC(F)F)cc2)cc1. The largest absolute Gasteiger partial charge is 0.497 e. The molecule has 0 amide bonds. The van der Waals surface area contributed by atoms with Crippen molar-refractivity contribution in [1.29, 1.82) is 0 Å². The molecule has 25 heavy (non-hydrogen) atoms. The van der Waals surface area contributed by atoms with Gasteiger partial charge >= 0.3 is 6.61 Å². The number of thiocarbonyl (C=S) groups is 1. The lowest BCUT2D eigenvalue weighted by molar-refractivity contribution is -0.0498. The van der Waals surface area contributed by atoms with Crippen LogP contribution in [-0.2, 0) is 13.1 Å². The molecule has 1 N–H and O–H groups in total. The van der Waals surface area contributed by atoms with Gasteiger partial charge in [-0.15, -0.1) is 0 Å². The molecule has 134 valence electrons. The fraction of sp³-hybridized carbons (Fsp3) is 0.278. The fourth-order valence-electron chi connectivity index (χ4n) is 2.18. The quantitative estimate of drug-likeness (QED) is 0.754. The Morgan fingerprint density at radius 3 is 2.16 bits per heavy atom. The van der Waals surface area contributed by atoms with E-state index < -0.39 is 6.61 Å². The van der Waals surface area contributed by atoms with E-state index in [-0.39, 0.29) is 5.75 Å². The van der Waals surface area contributed by atoms with E-state index in [1.807, 2.05) is 36.2 Å². The molecule has 0 aliphatic carbocycles. The van der Waals surface area contributed by atoms with Crippen molar-refractivity contribution in [3.8, 4) is 11.5 Å². The lowest BCUT2D eigenvalue weighted by atomic mass is 10.2. The molecular weight excluding hydrogens is 346 g/mol. The standard InChI is InChI=1S/C18H20F2N2O2S/c1-22(12-14-5-9-16(10-6-14)24-17(19)20)18(25)21-11-13-3-7-15(23-2)8-4-13/h3-10,17H,11-12H2,1-2H3,(H,21,25). The normalized spacial score (nSPS) is 10.4. The number of hydrogen-bond acceptors (Lipinski definition) is 3. The van der Waals surface area contributed by atoms with Crippen molar-refractivity contribution in [3.05, 3.63) is 59.7 Å². The van der Waals surface area contributed by atoms with Gasteiger partial charge in [-0.3, -0.25) is 0 Å². The number of halogens is 2. The summed E-state index contributed by atoms with van der Waals surface area (Å²) >= 11 is 5.37. The van der Waals surface area contributed by atoms with Crippen LogP contribution in [0.1, 0.15) is 11.1 Å². The highest BCUT2D eigenvalue weighted by molar-refractivity contribution is 7.80. The first kappa shape index (κ1) is 18.9. The van der Waals surface area contributed by atoms with Crippen LogP contribution in [0.3, 0.4) is 0 Å². The van der Waals surface area contributed by atoms with E-state index in [9.17, 15) is 8.78 Å². The maximum atomic E-state index is 12.1. The van der Waals surface area contributed by atoms with Crippen molar-refractivity contribution in [2.75, 3.05) is 14.2 Å². The predicted molar refractivity (Wildman–Crippen MR) is 97.0 cm³/mol. The maximum Gasteiger partial charge on any atom is 0.387 e. The van der Waals surface area contributed by atoms with Gasteiger partial charge in [0, 0.05) is 20.1 Å². The van der Waals surface area contributed by atoms with E-state index in [1.165, 1.54) is 12.1 Å². The van der Waals surface area contributed by atoms with E-state index in [4.69, 9.17) is 17.0 Å². The first-order chi connectivity index (χ1) is 12.0. The number of benzene rings is 2. The number of nitrogens with zero attached hydrogens (tertiary/aromatic N) is 1. The summed E-state index contributed by atoms with van der Waals surface area (Å²) in [5.41, 5.74) is 2.03. The highest BCUT2D eigenvalue weighted by Gasteiger charge is 2.07. The van der Waals surface area contributed by atoms with E-state index in [2.05, 4.69) is 10.1 Å². The third-order valence-electron chi connectivity index (χ3n) is 3.52. The Morgan fingerprint density at radius 2 is 1.60 bits per heavy atom. The summed E-state index contributed by atoms with van der Waals surface area (Å²) in [5.74, 6) is 0.948. The van der Waals surface area contributed by atoms with Gasteiger partial charge in [0.25, 0.3) is 0 Å². The van der Waals surface area contributed by atoms with Crippen molar-refractivity contribution in [3.63, 3.8) is 0 Å². The Hall–Kier alpha value is -2.41. The second-order valence-corrected chi connectivity index (χ2v) is 5.77. The van der Waals surface area contributed by atoms with Gasteiger partial charge in [0.1, 0.15) is 11.5 Å². The highest BCUT2D eigenvalue weighted by atomic mass is 32.1. The van der Waals surface area contributed by atoms with Crippen LogP contribution in [0.2, 0.25) is 0 Å². The van der Waals surface area contributed by atoms with E-state index in [0.29, 0.717) is 18.2 Å². The van der Waals surface area contributed by atoms with E-state index in [0.717, 1.165) is 16.9 Å². The van der Waals surface area contributed by atoms with Gasteiger partial charge in [-0.2, -0.15) is 8.78 Å². The monoisotopic (exact) mass is 366 g/mol. The van der Waals surface area contributed by atoms with Gasteiger partial charge in [-0.25, -0.2) is 0 Å². The van der Waals surface area contributed by atoms with Crippen molar-refractivity contribution in [2.24, 2.45) is 0 Å². The zero-order valence-electron chi connectivity index (χ0n) is 14.0. The molecule has 0 radical (unpaired) electrons. The molecule has 0 unspecified atom stereocenters. The van der Waals surface area contributed by atoms with Crippen LogP contribution in [0, 0.1) is 0 Å². The number of alkyl halides is 2. The molecule has 7 heteroatoms. The molecule has 0 aliphatic rings. The van der Waals surface area contributed by atoms with E-state index >= 15 is 0 Å². The molecule has 2 aromatic rings. The lowest BCUT2D eigenvalue weighted by Gasteiger charge is -2.21. The Balaban J connectivity index is 1.82. The molecule has 0 spiro atoms. The molecule has 0 aliphatic heterocycles. The molecule has 0 aromatic heterocycles. The van der Waals surface area contributed by atoms with E-state index in [1.54, 1.807) is 19.2 Å². The zero-order valence-corrected chi connectivity index (χ0v) is 14.9. The van der Waals surface area contributed by atoms with Crippen LogP contribution < -0.4 is 14.8 Å². The van der Waals surface area contributed by atoms with Crippen molar-refractivity contribution >= 4 is 17.3 Å². The summed E-state index contributed by atoms with van der Waals surface area (Å²) < 4.78 is 33.7. The van der Waals surface area contributed by atoms with Crippen LogP contribution in [0.5, 0.6) is 11.5 Å². The number of methoxy groups -OCH3 is 1. The van der Waals surface area contributed by atoms with Gasteiger partial charge in [-0.05, 0) is 47.6 Å². The van der Waals surface area contributed by atoms with Crippen LogP contribution in [0.4, 0.5) is 8.78 Å². The number of rotatable bonds is 7. The molecular formula is C18H20F2N2O2S. The molecule has 0 saturated heterocycles. The van der Waals surface area contributed by atoms with Crippen molar-refractivity contribution in [2.45, 2.75) is 19.7 Å². The Kier molecular flexibility index (Phi) is 6.94. The molecule has 0 saturated carbocycles. The molecule has 0 atom stereocenters. The van der Waals surface area contributed by atoms with Gasteiger partial charge < -0.3 is 19.7 Å². The van der Waals surface area contributed by atoms with Crippen LogP contribution >= 0.6 is 12.2 Å². The van der Waals surface area contributed by atoms with Gasteiger partial charge in [-0.1, -0.05) is 24.3 Å². The summed E-state index contributed by atoms with van der Waals surface area (Å²) in [6, 6.07) is 14.2. The summed E-state index contributed by atoms with van der Waals surface area (Å²) in [6.45, 7) is -1.65. The molecule has 0 fully saturated rings. The van der Waals surface area contributed by atoms with Crippen LogP contribution in [-0.4, -0.2) is 30.8 Å². The summed E-state index contributed by atoms with van der Waals surface area (Å²) in [5, 5.41) is 3.79. The number of hydrogen-bond donors (Lipinski definition) is 1. The van der Waals surface area contributed by atoms with Crippen molar-refractivity contribution < 1.29 is 18.3 Å².